The minimum Gasteiger partial charge on any atom is -0.493 e. The second-order valence-electron chi connectivity index (χ2n) is 5.52. The number of para-hydroxylation sites is 1. The minimum absolute atomic E-state index is 0.0295. The first-order chi connectivity index (χ1) is 9.57. The molecule has 20 heavy (non-hydrogen) atoms. The fourth-order valence-corrected chi connectivity index (χ4v) is 2.50. The molecule has 0 atom stereocenters. The van der Waals surface area contributed by atoms with Gasteiger partial charge in [-0.2, -0.15) is 0 Å². The molecule has 1 aliphatic rings. The zero-order chi connectivity index (χ0) is 14.4. The topological polar surface area (TPSA) is 9.23 Å². The fraction of sp³-hybridized carbons (Fsp3) is 0.529. The Hall–Kier alpha value is -1.38. The van der Waals surface area contributed by atoms with Crippen LogP contribution in [0.15, 0.2) is 36.4 Å². The molecule has 1 nitrogen and oxygen atoms in total. The first-order valence-electron chi connectivity index (χ1n) is 7.30. The molecule has 2 rings (SSSR count). The van der Waals surface area contributed by atoms with Crippen LogP contribution >= 0.6 is 0 Å². The zero-order valence-electron chi connectivity index (χ0n) is 11.9. The maximum absolute atomic E-state index is 13.0. The molecule has 0 unspecified atom stereocenters. The summed E-state index contributed by atoms with van der Waals surface area (Å²) in [6.07, 6.45) is 6.22. The highest BCUT2D eigenvalue weighted by Crippen LogP contribution is 2.36. The van der Waals surface area contributed by atoms with Gasteiger partial charge < -0.3 is 4.74 Å². The molecule has 0 amide bonds. The fourth-order valence-electron chi connectivity index (χ4n) is 2.50. The third kappa shape index (κ3) is 4.62. The number of allylic oxidation sites excluding steroid dienone is 1. The summed E-state index contributed by atoms with van der Waals surface area (Å²) in [6.45, 7) is 2.65. The molecule has 0 N–H and O–H groups in total. The average Bonchev–Trinajstić information content (AvgIpc) is 2.42. The lowest BCUT2D eigenvalue weighted by Crippen LogP contribution is -2.23. The van der Waals surface area contributed by atoms with Gasteiger partial charge in [0.2, 0.25) is 5.92 Å². The summed E-state index contributed by atoms with van der Waals surface area (Å²) >= 11 is 0. The lowest BCUT2D eigenvalue weighted by atomic mass is 9.86. The predicted molar refractivity (Wildman–Crippen MR) is 77.3 cm³/mol. The van der Waals surface area contributed by atoms with Crippen LogP contribution in [0.4, 0.5) is 8.78 Å². The van der Waals surface area contributed by atoms with E-state index >= 15 is 0 Å². The summed E-state index contributed by atoms with van der Waals surface area (Å²) < 4.78 is 31.7. The first kappa shape index (κ1) is 15.0. The van der Waals surface area contributed by atoms with E-state index in [1.165, 1.54) is 0 Å². The standard InChI is InChI=1S/C17H22F2O/c1-14-6-2-3-8-16(14)20-13-5-4-7-15-9-11-17(18,19)12-10-15/h2-4,6-8,15H,5,9-13H2,1H3. The van der Waals surface area contributed by atoms with Crippen LogP contribution in [-0.2, 0) is 0 Å². The van der Waals surface area contributed by atoms with Gasteiger partial charge >= 0.3 is 0 Å². The highest BCUT2D eigenvalue weighted by molar-refractivity contribution is 5.31. The zero-order valence-corrected chi connectivity index (χ0v) is 11.9. The summed E-state index contributed by atoms with van der Waals surface area (Å²) in [7, 11) is 0. The number of benzene rings is 1. The van der Waals surface area contributed by atoms with Crippen LogP contribution in [0.3, 0.4) is 0 Å². The molecule has 0 saturated heterocycles. The van der Waals surface area contributed by atoms with E-state index in [4.69, 9.17) is 4.74 Å². The molecule has 1 aromatic carbocycles. The van der Waals surface area contributed by atoms with Crippen molar-refractivity contribution in [2.45, 2.75) is 45.0 Å². The van der Waals surface area contributed by atoms with Gasteiger partial charge in [-0.25, -0.2) is 8.78 Å². The van der Waals surface area contributed by atoms with E-state index in [0.29, 0.717) is 25.4 Å². The average molecular weight is 280 g/mol. The van der Waals surface area contributed by atoms with Crippen molar-refractivity contribution < 1.29 is 13.5 Å². The Labute approximate surface area is 119 Å². The van der Waals surface area contributed by atoms with Crippen LogP contribution in [0.25, 0.3) is 0 Å². The first-order valence-corrected chi connectivity index (χ1v) is 7.30. The SMILES string of the molecule is Cc1ccccc1OCCC=CC1CCC(F)(F)CC1. The van der Waals surface area contributed by atoms with Gasteiger partial charge in [-0.15, -0.1) is 0 Å². The van der Waals surface area contributed by atoms with Gasteiger partial charge in [0.15, 0.2) is 0 Å². The minimum atomic E-state index is -2.43. The molecule has 0 spiro atoms. The molecular formula is C17H22F2O. The number of alkyl halides is 2. The number of hydrogen-bond donors (Lipinski definition) is 0. The second-order valence-corrected chi connectivity index (χ2v) is 5.52. The van der Waals surface area contributed by atoms with Crippen molar-refractivity contribution in [3.8, 4) is 5.75 Å². The monoisotopic (exact) mass is 280 g/mol. The molecule has 1 fully saturated rings. The summed E-state index contributed by atoms with van der Waals surface area (Å²) in [4.78, 5) is 0. The van der Waals surface area contributed by atoms with Gasteiger partial charge in [0.05, 0.1) is 6.61 Å². The lowest BCUT2D eigenvalue weighted by Gasteiger charge is -2.26. The Morgan fingerprint density at radius 1 is 1.25 bits per heavy atom. The highest BCUT2D eigenvalue weighted by atomic mass is 19.3. The van der Waals surface area contributed by atoms with Crippen molar-refractivity contribution in [3.05, 3.63) is 42.0 Å². The Kier molecular flexibility index (Phi) is 5.16. The van der Waals surface area contributed by atoms with E-state index in [2.05, 4.69) is 12.2 Å². The molecule has 0 aliphatic heterocycles. The molecule has 0 heterocycles. The van der Waals surface area contributed by atoms with Crippen LogP contribution < -0.4 is 4.74 Å². The Morgan fingerprint density at radius 2 is 1.95 bits per heavy atom. The molecule has 1 aromatic rings. The van der Waals surface area contributed by atoms with Crippen LogP contribution in [0, 0.1) is 12.8 Å². The molecule has 110 valence electrons. The Bertz CT molecular complexity index is 444. The van der Waals surface area contributed by atoms with E-state index in [1.807, 2.05) is 31.2 Å². The van der Waals surface area contributed by atoms with E-state index in [1.54, 1.807) is 0 Å². The van der Waals surface area contributed by atoms with Crippen molar-refractivity contribution >= 4 is 0 Å². The van der Waals surface area contributed by atoms with Crippen LogP contribution in [0.2, 0.25) is 0 Å². The van der Waals surface area contributed by atoms with Crippen LogP contribution in [0.5, 0.6) is 5.75 Å². The lowest BCUT2D eigenvalue weighted by molar-refractivity contribution is -0.0411. The maximum atomic E-state index is 13.0. The number of halogens is 2. The molecule has 1 aliphatic carbocycles. The Morgan fingerprint density at radius 3 is 2.65 bits per heavy atom. The van der Waals surface area contributed by atoms with Crippen molar-refractivity contribution in [3.63, 3.8) is 0 Å². The van der Waals surface area contributed by atoms with E-state index in [0.717, 1.165) is 17.7 Å². The number of rotatable bonds is 5. The van der Waals surface area contributed by atoms with Gasteiger partial charge in [0.25, 0.3) is 0 Å². The molecular weight excluding hydrogens is 258 g/mol. The van der Waals surface area contributed by atoms with Gasteiger partial charge in [0, 0.05) is 12.8 Å². The van der Waals surface area contributed by atoms with Gasteiger partial charge in [-0.05, 0) is 43.7 Å². The molecule has 3 heteroatoms. The predicted octanol–water partition coefficient (Wildman–Crippen LogP) is 5.15. The van der Waals surface area contributed by atoms with E-state index in [9.17, 15) is 8.78 Å². The maximum Gasteiger partial charge on any atom is 0.248 e. The summed E-state index contributed by atoms with van der Waals surface area (Å²) in [5.41, 5.74) is 1.13. The third-order valence-corrected chi connectivity index (χ3v) is 3.81. The molecule has 0 bridgehead atoms. The molecule has 0 radical (unpaired) electrons. The molecule has 0 aromatic heterocycles. The summed E-state index contributed by atoms with van der Waals surface area (Å²) in [5, 5.41) is 0. The molecule has 1 saturated carbocycles. The Balaban J connectivity index is 1.66. The second kappa shape index (κ2) is 6.87. The van der Waals surface area contributed by atoms with E-state index in [-0.39, 0.29) is 12.8 Å². The van der Waals surface area contributed by atoms with Crippen molar-refractivity contribution in [1.82, 2.24) is 0 Å². The smallest absolute Gasteiger partial charge is 0.248 e. The van der Waals surface area contributed by atoms with Crippen molar-refractivity contribution in [2.24, 2.45) is 5.92 Å². The van der Waals surface area contributed by atoms with Crippen molar-refractivity contribution in [1.29, 1.82) is 0 Å². The van der Waals surface area contributed by atoms with Crippen molar-refractivity contribution in [2.75, 3.05) is 6.61 Å². The third-order valence-electron chi connectivity index (χ3n) is 3.81. The van der Waals surface area contributed by atoms with E-state index < -0.39 is 5.92 Å². The normalized spacial score (nSPS) is 19.4. The number of ether oxygens (including phenoxy) is 1. The van der Waals surface area contributed by atoms with Gasteiger partial charge in [-0.3, -0.25) is 0 Å². The van der Waals surface area contributed by atoms with Gasteiger partial charge in [0.1, 0.15) is 5.75 Å². The van der Waals surface area contributed by atoms with Crippen LogP contribution in [0.1, 0.15) is 37.7 Å². The van der Waals surface area contributed by atoms with Gasteiger partial charge in [-0.1, -0.05) is 30.4 Å². The quantitative estimate of drug-likeness (QED) is 0.535. The number of hydrogen-bond acceptors (Lipinski definition) is 1. The van der Waals surface area contributed by atoms with Crippen LogP contribution in [-0.4, -0.2) is 12.5 Å². The summed E-state index contributed by atoms with van der Waals surface area (Å²) in [5.74, 6) is -1.20. The summed E-state index contributed by atoms with van der Waals surface area (Å²) in [6, 6.07) is 7.93. The largest absolute Gasteiger partial charge is 0.493 e. The highest BCUT2D eigenvalue weighted by Gasteiger charge is 2.33. The number of aryl methyl sites for hydroxylation is 1.